The zero-order chi connectivity index (χ0) is 24.6. The van der Waals surface area contributed by atoms with Gasteiger partial charge in [0.2, 0.25) is 5.91 Å². The Morgan fingerprint density at radius 3 is 2.60 bits per heavy atom. The second kappa shape index (κ2) is 11.5. The van der Waals surface area contributed by atoms with Gasteiger partial charge in [-0.05, 0) is 67.1 Å². The fraction of sp³-hybridized carbons (Fsp3) is 0.259. The number of furan rings is 1. The number of amides is 1. The third-order valence-corrected chi connectivity index (χ3v) is 5.43. The summed E-state index contributed by atoms with van der Waals surface area (Å²) < 4.78 is 29.6. The molecule has 4 rings (SSSR count). The minimum absolute atomic E-state index is 0.322. The van der Waals surface area contributed by atoms with Crippen LogP contribution in [0, 0.1) is 5.82 Å². The molecule has 8 heteroatoms. The summed E-state index contributed by atoms with van der Waals surface area (Å²) in [6.07, 6.45) is 3.61. The molecule has 1 saturated heterocycles. The van der Waals surface area contributed by atoms with Gasteiger partial charge >= 0.3 is 5.97 Å². The van der Waals surface area contributed by atoms with E-state index in [4.69, 9.17) is 13.9 Å². The van der Waals surface area contributed by atoms with Crippen LogP contribution >= 0.6 is 0 Å². The standard InChI is InChI=1S/C27H27FN2O5/c1-2-15-34-27(32)23-18-21(7-10-24(23)30-13-16-33-17-14-30)29-26(31)12-9-22-8-11-25(35-22)19-3-5-20(28)6-4-19/h3-12,18H,2,13-17H2,1H3,(H,29,31)/b12-9+. The number of esters is 1. The molecule has 1 fully saturated rings. The Kier molecular flexibility index (Phi) is 7.95. The van der Waals surface area contributed by atoms with Crippen LogP contribution in [0.4, 0.5) is 15.8 Å². The highest BCUT2D eigenvalue weighted by atomic mass is 19.1. The topological polar surface area (TPSA) is 81.0 Å². The number of ether oxygens (including phenoxy) is 2. The molecular formula is C27H27FN2O5. The van der Waals surface area contributed by atoms with Crippen LogP contribution in [0.1, 0.15) is 29.5 Å². The molecule has 0 spiro atoms. The molecule has 0 atom stereocenters. The van der Waals surface area contributed by atoms with Gasteiger partial charge in [-0.2, -0.15) is 0 Å². The Hall–Kier alpha value is -3.91. The van der Waals surface area contributed by atoms with Gasteiger partial charge in [-0.25, -0.2) is 9.18 Å². The lowest BCUT2D eigenvalue weighted by molar-refractivity contribution is -0.111. The first-order chi connectivity index (χ1) is 17.0. The predicted molar refractivity (Wildman–Crippen MR) is 132 cm³/mol. The van der Waals surface area contributed by atoms with Crippen molar-refractivity contribution in [2.75, 3.05) is 43.1 Å². The molecule has 7 nitrogen and oxygen atoms in total. The number of carbonyl (C=O) groups is 2. The number of hydrogen-bond donors (Lipinski definition) is 1. The fourth-order valence-electron chi connectivity index (χ4n) is 3.68. The van der Waals surface area contributed by atoms with Gasteiger partial charge in [-0.3, -0.25) is 4.79 Å². The van der Waals surface area contributed by atoms with Crippen LogP contribution in [-0.4, -0.2) is 44.8 Å². The number of nitrogens with zero attached hydrogens (tertiary/aromatic N) is 1. The first kappa shape index (κ1) is 24.2. The molecule has 182 valence electrons. The van der Waals surface area contributed by atoms with Crippen LogP contribution in [0.25, 0.3) is 17.4 Å². The predicted octanol–water partition coefficient (Wildman–Crippen LogP) is 5.14. The molecule has 2 aromatic carbocycles. The van der Waals surface area contributed by atoms with E-state index in [1.807, 2.05) is 13.0 Å². The molecule has 0 saturated carbocycles. The molecule has 1 aromatic heterocycles. The van der Waals surface area contributed by atoms with Crippen molar-refractivity contribution in [3.63, 3.8) is 0 Å². The van der Waals surface area contributed by atoms with Gasteiger partial charge in [-0.15, -0.1) is 0 Å². The van der Waals surface area contributed by atoms with E-state index in [1.165, 1.54) is 18.2 Å². The Morgan fingerprint density at radius 2 is 1.86 bits per heavy atom. The van der Waals surface area contributed by atoms with Crippen molar-refractivity contribution in [2.24, 2.45) is 0 Å². The SMILES string of the molecule is CCCOC(=O)c1cc(NC(=O)/C=C/c2ccc(-c3ccc(F)cc3)o2)ccc1N1CCOCC1. The minimum atomic E-state index is -0.427. The van der Waals surface area contributed by atoms with E-state index in [1.54, 1.807) is 42.5 Å². The van der Waals surface area contributed by atoms with Gasteiger partial charge in [-0.1, -0.05) is 6.92 Å². The first-order valence-electron chi connectivity index (χ1n) is 11.5. The largest absolute Gasteiger partial charge is 0.462 e. The van der Waals surface area contributed by atoms with Gasteiger partial charge < -0.3 is 24.1 Å². The highest BCUT2D eigenvalue weighted by Crippen LogP contribution is 2.27. The lowest BCUT2D eigenvalue weighted by Crippen LogP contribution is -2.37. The van der Waals surface area contributed by atoms with E-state index in [0.717, 1.165) is 17.7 Å². The number of rotatable bonds is 8. The lowest BCUT2D eigenvalue weighted by Gasteiger charge is -2.30. The van der Waals surface area contributed by atoms with Gasteiger partial charge in [0.1, 0.15) is 17.3 Å². The van der Waals surface area contributed by atoms with Crippen molar-refractivity contribution in [1.29, 1.82) is 0 Å². The average molecular weight is 479 g/mol. The number of carbonyl (C=O) groups excluding carboxylic acids is 2. The molecule has 3 aromatic rings. The molecule has 2 heterocycles. The smallest absolute Gasteiger partial charge is 0.340 e. The zero-order valence-corrected chi connectivity index (χ0v) is 19.5. The summed E-state index contributed by atoms with van der Waals surface area (Å²) in [5, 5.41) is 2.78. The van der Waals surface area contributed by atoms with Crippen LogP contribution in [0.2, 0.25) is 0 Å². The highest BCUT2D eigenvalue weighted by molar-refractivity contribution is 6.03. The average Bonchev–Trinajstić information content (AvgIpc) is 3.36. The first-order valence-corrected chi connectivity index (χ1v) is 11.5. The van der Waals surface area contributed by atoms with Crippen molar-refractivity contribution < 1.29 is 27.9 Å². The van der Waals surface area contributed by atoms with Gasteiger partial charge in [0.05, 0.1) is 31.1 Å². The van der Waals surface area contributed by atoms with Crippen LogP contribution < -0.4 is 10.2 Å². The van der Waals surface area contributed by atoms with Crippen LogP contribution in [0.3, 0.4) is 0 Å². The Bertz CT molecular complexity index is 1200. The van der Waals surface area contributed by atoms with Crippen molar-refractivity contribution in [1.82, 2.24) is 0 Å². The number of anilines is 2. The fourth-order valence-corrected chi connectivity index (χ4v) is 3.68. The van der Waals surface area contributed by atoms with E-state index in [2.05, 4.69) is 10.2 Å². The molecule has 0 aliphatic carbocycles. The number of morpholine rings is 1. The molecule has 0 radical (unpaired) electrons. The molecule has 0 bridgehead atoms. The van der Waals surface area contributed by atoms with E-state index < -0.39 is 5.97 Å². The summed E-state index contributed by atoms with van der Waals surface area (Å²) in [5.41, 5.74) is 2.37. The molecule has 1 N–H and O–H groups in total. The summed E-state index contributed by atoms with van der Waals surface area (Å²) in [6.45, 7) is 4.77. The molecule has 1 aliphatic rings. The normalized spacial score (nSPS) is 13.7. The number of halogens is 1. The maximum atomic E-state index is 13.1. The second-order valence-corrected chi connectivity index (χ2v) is 8.00. The summed E-state index contributed by atoms with van der Waals surface area (Å²) in [4.78, 5) is 27.3. The van der Waals surface area contributed by atoms with E-state index in [-0.39, 0.29) is 11.7 Å². The van der Waals surface area contributed by atoms with Gasteiger partial charge in [0.15, 0.2) is 0 Å². The third-order valence-electron chi connectivity index (χ3n) is 5.43. The molecule has 1 aliphatic heterocycles. The van der Waals surface area contributed by atoms with Crippen LogP contribution in [0.15, 0.2) is 65.1 Å². The number of hydrogen-bond acceptors (Lipinski definition) is 6. The van der Waals surface area contributed by atoms with E-state index in [0.29, 0.717) is 55.7 Å². The van der Waals surface area contributed by atoms with Crippen molar-refractivity contribution >= 4 is 29.3 Å². The quantitative estimate of drug-likeness (QED) is 0.357. The zero-order valence-electron chi connectivity index (χ0n) is 19.5. The Balaban J connectivity index is 1.46. The Morgan fingerprint density at radius 1 is 1.09 bits per heavy atom. The van der Waals surface area contributed by atoms with E-state index >= 15 is 0 Å². The second-order valence-electron chi connectivity index (χ2n) is 8.00. The van der Waals surface area contributed by atoms with Crippen LogP contribution in [0.5, 0.6) is 0 Å². The molecule has 0 unspecified atom stereocenters. The summed E-state index contributed by atoms with van der Waals surface area (Å²) in [7, 11) is 0. The lowest BCUT2D eigenvalue weighted by atomic mass is 10.1. The maximum Gasteiger partial charge on any atom is 0.340 e. The number of nitrogens with one attached hydrogen (secondary N) is 1. The van der Waals surface area contributed by atoms with E-state index in [9.17, 15) is 14.0 Å². The van der Waals surface area contributed by atoms with Crippen LogP contribution in [-0.2, 0) is 14.3 Å². The van der Waals surface area contributed by atoms with Crippen molar-refractivity contribution in [3.8, 4) is 11.3 Å². The monoisotopic (exact) mass is 478 g/mol. The third kappa shape index (κ3) is 6.36. The van der Waals surface area contributed by atoms with Gasteiger partial charge in [0, 0.05) is 30.4 Å². The van der Waals surface area contributed by atoms with Crippen molar-refractivity contribution in [3.05, 3.63) is 77.8 Å². The molecule has 35 heavy (non-hydrogen) atoms. The Labute approximate surface area is 203 Å². The van der Waals surface area contributed by atoms with Gasteiger partial charge in [0.25, 0.3) is 0 Å². The molecule has 1 amide bonds. The summed E-state index contributed by atoms with van der Waals surface area (Å²) in [5.74, 6) is -0.0811. The number of benzene rings is 2. The highest BCUT2D eigenvalue weighted by Gasteiger charge is 2.20. The molecular weight excluding hydrogens is 451 g/mol. The summed E-state index contributed by atoms with van der Waals surface area (Å²) in [6, 6.07) is 14.6. The minimum Gasteiger partial charge on any atom is -0.462 e. The maximum absolute atomic E-state index is 13.1. The van der Waals surface area contributed by atoms with Crippen molar-refractivity contribution in [2.45, 2.75) is 13.3 Å². The summed E-state index contributed by atoms with van der Waals surface area (Å²) >= 11 is 0.